The third-order valence-electron chi connectivity index (χ3n) is 4.46. The second-order valence-corrected chi connectivity index (χ2v) is 6.23. The van der Waals surface area contributed by atoms with Gasteiger partial charge in [-0.1, -0.05) is 18.0 Å². The van der Waals surface area contributed by atoms with Gasteiger partial charge in [0.2, 0.25) is 0 Å². The molecule has 0 atom stereocenters. The molecule has 3 aromatic rings. The van der Waals surface area contributed by atoms with Crippen LogP contribution in [-0.4, -0.2) is 19.9 Å². The summed E-state index contributed by atoms with van der Waals surface area (Å²) in [5, 5.41) is 8.24. The van der Waals surface area contributed by atoms with Crippen molar-refractivity contribution in [3.8, 4) is 17.3 Å². The lowest BCUT2D eigenvalue weighted by Crippen LogP contribution is -2.34. The van der Waals surface area contributed by atoms with Crippen LogP contribution in [0.25, 0.3) is 17.3 Å². The molecule has 0 radical (unpaired) electrons. The summed E-state index contributed by atoms with van der Waals surface area (Å²) in [7, 11) is 0. The van der Waals surface area contributed by atoms with Gasteiger partial charge in [0.15, 0.2) is 5.82 Å². The summed E-state index contributed by atoms with van der Waals surface area (Å²) in [5.74, 6) is 0.267. The third-order valence-corrected chi connectivity index (χ3v) is 4.46. The maximum atomic E-state index is 13.1. The second kappa shape index (κ2) is 6.97. The minimum atomic E-state index is -0.562. The monoisotopic (exact) mass is 377 g/mol. The molecule has 0 bridgehead atoms. The predicted molar refractivity (Wildman–Crippen MR) is 94.7 cm³/mol. The first kappa shape index (κ1) is 18.2. The molecule has 0 spiro atoms. The van der Waals surface area contributed by atoms with Gasteiger partial charge in [0.25, 0.3) is 11.4 Å². The van der Waals surface area contributed by atoms with Gasteiger partial charge in [-0.25, -0.2) is 4.39 Å². The molecule has 1 aromatic carbocycles. The summed E-state index contributed by atoms with van der Waals surface area (Å²) < 4.78 is 19.5. The highest BCUT2D eigenvalue weighted by molar-refractivity contribution is 5.85. The Morgan fingerprint density at radius 3 is 2.50 bits per heavy atom. The van der Waals surface area contributed by atoms with Crippen molar-refractivity contribution in [1.29, 1.82) is 0 Å². The Labute approximate surface area is 154 Å². The van der Waals surface area contributed by atoms with Gasteiger partial charge in [0, 0.05) is 6.07 Å². The summed E-state index contributed by atoms with van der Waals surface area (Å²) in [5.41, 5.74) is 6.22. The topological polar surface area (TPSA) is 99.8 Å². The number of rotatable bonds is 3. The minimum Gasteiger partial charge on any atom is -0.332 e. The van der Waals surface area contributed by atoms with Crippen LogP contribution in [0, 0.1) is 5.82 Å². The number of halogens is 2. The van der Waals surface area contributed by atoms with Crippen LogP contribution in [0.2, 0.25) is 0 Å². The molecule has 1 aliphatic carbocycles. The van der Waals surface area contributed by atoms with Gasteiger partial charge in [-0.2, -0.15) is 14.8 Å². The van der Waals surface area contributed by atoms with Crippen molar-refractivity contribution in [3.63, 3.8) is 0 Å². The zero-order chi connectivity index (χ0) is 17.4. The normalized spacial score (nSPS) is 15.6. The van der Waals surface area contributed by atoms with Crippen LogP contribution in [0.5, 0.6) is 0 Å². The van der Waals surface area contributed by atoms with Gasteiger partial charge in [-0.15, -0.1) is 12.4 Å². The largest absolute Gasteiger partial charge is 0.332 e. The van der Waals surface area contributed by atoms with Crippen LogP contribution in [-0.2, 0) is 5.54 Å². The van der Waals surface area contributed by atoms with E-state index in [-0.39, 0.29) is 29.7 Å². The summed E-state index contributed by atoms with van der Waals surface area (Å²) in [6, 6.07) is 8.33. The highest BCUT2D eigenvalue weighted by Crippen LogP contribution is 2.35. The molecule has 7 nitrogen and oxygen atoms in total. The fourth-order valence-electron chi connectivity index (χ4n) is 3.05. The van der Waals surface area contributed by atoms with Gasteiger partial charge in [0.05, 0.1) is 11.2 Å². The molecule has 1 saturated carbocycles. The maximum Gasteiger partial charge on any atom is 0.278 e. The molecule has 0 aliphatic heterocycles. The van der Waals surface area contributed by atoms with E-state index in [2.05, 4.69) is 15.2 Å². The Balaban J connectivity index is 0.00000196. The second-order valence-electron chi connectivity index (χ2n) is 6.23. The van der Waals surface area contributed by atoms with E-state index in [4.69, 9.17) is 10.3 Å². The van der Waals surface area contributed by atoms with Crippen LogP contribution in [0.15, 0.2) is 45.7 Å². The molecule has 0 amide bonds. The lowest BCUT2D eigenvalue weighted by molar-refractivity contribution is 0.372. The Hall–Kier alpha value is -2.58. The molecule has 136 valence electrons. The highest BCUT2D eigenvalue weighted by Gasteiger charge is 2.36. The van der Waals surface area contributed by atoms with E-state index in [0.29, 0.717) is 17.2 Å². The maximum absolute atomic E-state index is 13.1. The van der Waals surface area contributed by atoms with E-state index in [1.807, 2.05) is 0 Å². The standard InChI is InChI=1S/C17H16FN5O2.ClH/c18-11-3-5-12(6-4-11)23-14(24)8-7-13(21-23)15-20-16(22-25-15)17(19)9-1-2-10-17;/h3-8H,1-2,9-10,19H2;1H. The Morgan fingerprint density at radius 2 is 1.81 bits per heavy atom. The molecule has 9 heteroatoms. The van der Waals surface area contributed by atoms with Crippen molar-refractivity contribution in [2.45, 2.75) is 31.2 Å². The van der Waals surface area contributed by atoms with Gasteiger partial charge in [-0.3, -0.25) is 4.79 Å². The average Bonchev–Trinajstić information content (AvgIpc) is 3.26. The molecule has 1 aliphatic rings. The first-order chi connectivity index (χ1) is 12.0. The van der Waals surface area contributed by atoms with Crippen LogP contribution in [0.4, 0.5) is 4.39 Å². The molecule has 2 heterocycles. The van der Waals surface area contributed by atoms with E-state index in [1.165, 1.54) is 36.4 Å². The van der Waals surface area contributed by atoms with Crippen molar-refractivity contribution < 1.29 is 8.91 Å². The number of hydrogen-bond acceptors (Lipinski definition) is 6. The summed E-state index contributed by atoms with van der Waals surface area (Å²) in [6.07, 6.45) is 3.70. The van der Waals surface area contributed by atoms with Gasteiger partial charge in [-0.05, 0) is 43.2 Å². The zero-order valence-corrected chi connectivity index (χ0v) is 14.6. The molecule has 26 heavy (non-hydrogen) atoms. The Bertz CT molecular complexity index is 964. The first-order valence-electron chi connectivity index (χ1n) is 8.05. The first-order valence-corrected chi connectivity index (χ1v) is 8.05. The number of benzene rings is 1. The smallest absolute Gasteiger partial charge is 0.278 e. The summed E-state index contributed by atoms with van der Waals surface area (Å²) in [6.45, 7) is 0. The van der Waals surface area contributed by atoms with Crippen molar-refractivity contribution >= 4 is 12.4 Å². The highest BCUT2D eigenvalue weighted by atomic mass is 35.5. The van der Waals surface area contributed by atoms with E-state index in [9.17, 15) is 9.18 Å². The fourth-order valence-corrected chi connectivity index (χ4v) is 3.05. The molecule has 2 N–H and O–H groups in total. The lowest BCUT2D eigenvalue weighted by Gasteiger charge is -2.17. The molecule has 1 fully saturated rings. The van der Waals surface area contributed by atoms with Crippen LogP contribution in [0.3, 0.4) is 0 Å². The quantitative estimate of drug-likeness (QED) is 0.753. The molecule has 4 rings (SSSR count). The van der Waals surface area contributed by atoms with Crippen molar-refractivity contribution in [3.05, 3.63) is 58.4 Å². The number of aromatic nitrogens is 4. The van der Waals surface area contributed by atoms with Gasteiger partial charge < -0.3 is 10.3 Å². The van der Waals surface area contributed by atoms with Gasteiger partial charge in [0.1, 0.15) is 11.5 Å². The molecule has 2 aromatic heterocycles. The minimum absolute atomic E-state index is 0. The van der Waals surface area contributed by atoms with E-state index in [0.717, 1.165) is 30.4 Å². The lowest BCUT2D eigenvalue weighted by atomic mass is 9.99. The van der Waals surface area contributed by atoms with Gasteiger partial charge >= 0.3 is 0 Å². The van der Waals surface area contributed by atoms with Crippen LogP contribution >= 0.6 is 12.4 Å². The summed E-state index contributed by atoms with van der Waals surface area (Å²) >= 11 is 0. The number of nitrogens with two attached hydrogens (primary N) is 1. The Kier molecular flexibility index (Phi) is 4.88. The summed E-state index contributed by atoms with van der Waals surface area (Å²) in [4.78, 5) is 16.4. The predicted octanol–water partition coefficient (Wildman–Crippen LogP) is 2.57. The molecule has 0 unspecified atom stereocenters. The fraction of sp³-hybridized carbons (Fsp3) is 0.294. The van der Waals surface area contributed by atoms with E-state index in [1.54, 1.807) is 0 Å². The third kappa shape index (κ3) is 3.25. The van der Waals surface area contributed by atoms with E-state index >= 15 is 0 Å². The molecular formula is C17H17ClFN5O2. The van der Waals surface area contributed by atoms with Crippen molar-refractivity contribution in [2.75, 3.05) is 0 Å². The van der Waals surface area contributed by atoms with Crippen molar-refractivity contribution in [1.82, 2.24) is 19.9 Å². The zero-order valence-electron chi connectivity index (χ0n) is 13.8. The molecular weight excluding hydrogens is 361 g/mol. The van der Waals surface area contributed by atoms with Crippen molar-refractivity contribution in [2.24, 2.45) is 5.73 Å². The average molecular weight is 378 g/mol. The van der Waals surface area contributed by atoms with Crippen LogP contribution < -0.4 is 11.3 Å². The Morgan fingerprint density at radius 1 is 1.12 bits per heavy atom. The van der Waals surface area contributed by atoms with E-state index < -0.39 is 5.54 Å². The van der Waals surface area contributed by atoms with Crippen LogP contribution in [0.1, 0.15) is 31.5 Å². The SMILES string of the molecule is Cl.NC1(c2noc(-c3ccc(=O)n(-c4ccc(F)cc4)n3)n2)CCCC1. The number of hydrogen-bond donors (Lipinski definition) is 1. The molecule has 0 saturated heterocycles. The number of nitrogens with zero attached hydrogens (tertiary/aromatic N) is 4.